The number of nitrogens with zero attached hydrogens (tertiary/aromatic N) is 1. The molecule has 0 radical (unpaired) electrons. The Labute approximate surface area is 76.2 Å². The normalized spacial score (nSPS) is 24.9. The molecule has 1 aromatic heterocycles. The monoisotopic (exact) mass is 173 g/mol. The highest BCUT2D eigenvalue weighted by Gasteiger charge is 2.21. The number of nitrogens with one attached hydrogen (secondary N) is 2. The third kappa shape index (κ3) is 1.01. The first-order valence-corrected chi connectivity index (χ1v) is 4.57. The van der Waals surface area contributed by atoms with Crippen LogP contribution in [0, 0.1) is 0 Å². The Morgan fingerprint density at radius 2 is 2.46 bits per heavy atom. The van der Waals surface area contributed by atoms with Crippen molar-refractivity contribution in [2.45, 2.75) is 12.5 Å². The van der Waals surface area contributed by atoms with Crippen LogP contribution in [0.3, 0.4) is 0 Å². The molecule has 1 aliphatic heterocycles. The van der Waals surface area contributed by atoms with Gasteiger partial charge in [0.15, 0.2) is 0 Å². The van der Waals surface area contributed by atoms with Crippen molar-refractivity contribution in [3.63, 3.8) is 0 Å². The van der Waals surface area contributed by atoms with Crippen LogP contribution in [0.2, 0.25) is 0 Å². The quantitative estimate of drug-likeness (QED) is 0.522. The van der Waals surface area contributed by atoms with Crippen molar-refractivity contribution in [2.75, 3.05) is 6.54 Å². The lowest BCUT2D eigenvalue weighted by molar-refractivity contribution is 0.593. The second-order valence-corrected chi connectivity index (χ2v) is 3.48. The van der Waals surface area contributed by atoms with E-state index in [1.54, 1.807) is 0 Å². The van der Waals surface area contributed by atoms with E-state index >= 15 is 0 Å². The van der Waals surface area contributed by atoms with E-state index < -0.39 is 0 Å². The van der Waals surface area contributed by atoms with E-state index in [0.29, 0.717) is 6.04 Å². The summed E-state index contributed by atoms with van der Waals surface area (Å²) in [5.74, 6) is 0. The van der Waals surface area contributed by atoms with Crippen molar-refractivity contribution in [1.82, 2.24) is 15.8 Å². The van der Waals surface area contributed by atoms with Crippen LogP contribution in [0.15, 0.2) is 18.5 Å². The summed E-state index contributed by atoms with van der Waals surface area (Å²) in [7, 11) is 0. The van der Waals surface area contributed by atoms with Crippen LogP contribution in [-0.4, -0.2) is 17.6 Å². The van der Waals surface area contributed by atoms with Crippen LogP contribution in [-0.2, 0) is 0 Å². The Kier molecular flexibility index (Phi) is 1.48. The van der Waals surface area contributed by atoms with Gasteiger partial charge in [0.25, 0.3) is 0 Å². The smallest absolute Gasteiger partial charge is 0.0479 e. The van der Waals surface area contributed by atoms with Crippen molar-refractivity contribution in [3.8, 4) is 0 Å². The number of rotatable bonds is 0. The molecule has 3 nitrogen and oxygen atoms in total. The molecular formula is C10H11N3. The molecule has 0 aromatic carbocycles. The van der Waals surface area contributed by atoms with Crippen LogP contribution >= 0.6 is 0 Å². The summed E-state index contributed by atoms with van der Waals surface area (Å²) in [4.78, 5) is 4.13. The van der Waals surface area contributed by atoms with Crippen molar-refractivity contribution in [3.05, 3.63) is 28.9 Å². The largest absolute Gasteiger partial charge is 0.264 e. The average molecular weight is 173 g/mol. The first-order chi connectivity index (χ1) is 6.45. The number of hydrogen-bond acceptors (Lipinski definition) is 3. The Balaban J connectivity index is 2.38. The van der Waals surface area contributed by atoms with Gasteiger partial charge in [0.2, 0.25) is 0 Å². The molecule has 2 heterocycles. The van der Waals surface area contributed by atoms with Crippen LogP contribution in [0.4, 0.5) is 0 Å². The van der Waals surface area contributed by atoms with Gasteiger partial charge in [-0.25, -0.2) is 5.43 Å². The third-order valence-corrected chi connectivity index (χ3v) is 2.75. The molecule has 2 N–H and O–H groups in total. The summed E-state index contributed by atoms with van der Waals surface area (Å²) in [5.41, 5.74) is 7.91. The fourth-order valence-electron chi connectivity index (χ4n) is 2.07. The van der Waals surface area contributed by atoms with Gasteiger partial charge in [-0.2, -0.15) is 0 Å². The maximum atomic E-state index is 4.13. The van der Waals surface area contributed by atoms with Gasteiger partial charge in [0.1, 0.15) is 0 Å². The highest BCUT2D eigenvalue weighted by atomic mass is 15.4. The van der Waals surface area contributed by atoms with Crippen molar-refractivity contribution < 1.29 is 0 Å². The van der Waals surface area contributed by atoms with Gasteiger partial charge in [-0.05, 0) is 28.5 Å². The summed E-state index contributed by atoms with van der Waals surface area (Å²) in [5, 5.41) is 2.63. The standard InChI is InChI=1S/C10H11N3/c1-2-10-9(6-12-13-10)8-3-4-11-5-7(1)8/h1,3-5,10,12-13H,2,6H2. The minimum absolute atomic E-state index is 0.495. The lowest BCUT2D eigenvalue weighted by Crippen LogP contribution is -2.37. The topological polar surface area (TPSA) is 37.0 Å². The van der Waals surface area contributed by atoms with E-state index in [-0.39, 0.29) is 0 Å². The van der Waals surface area contributed by atoms with Gasteiger partial charge < -0.3 is 0 Å². The predicted octanol–water partition coefficient (Wildman–Crippen LogP) is -1.11. The van der Waals surface area contributed by atoms with Crippen LogP contribution in [0.1, 0.15) is 6.42 Å². The van der Waals surface area contributed by atoms with Gasteiger partial charge in [0, 0.05) is 25.0 Å². The van der Waals surface area contributed by atoms with Gasteiger partial charge in [-0.3, -0.25) is 10.4 Å². The number of hydrazine groups is 1. The Hall–Kier alpha value is -1.19. The maximum absolute atomic E-state index is 4.13. The molecule has 3 heteroatoms. The van der Waals surface area contributed by atoms with Crippen molar-refractivity contribution in [1.29, 1.82) is 0 Å². The zero-order valence-electron chi connectivity index (χ0n) is 7.25. The van der Waals surface area contributed by atoms with E-state index in [1.165, 1.54) is 16.0 Å². The van der Waals surface area contributed by atoms with Crippen LogP contribution < -0.4 is 21.3 Å². The lowest BCUT2D eigenvalue weighted by atomic mass is 9.98. The van der Waals surface area contributed by atoms with E-state index in [9.17, 15) is 0 Å². The summed E-state index contributed by atoms with van der Waals surface area (Å²) < 4.78 is 0. The molecule has 1 atom stereocenters. The highest BCUT2D eigenvalue weighted by molar-refractivity contribution is 5.59. The molecule has 0 amide bonds. The Bertz CT molecular complexity index is 449. The Morgan fingerprint density at radius 1 is 1.46 bits per heavy atom. The van der Waals surface area contributed by atoms with Gasteiger partial charge in [-0.15, -0.1) is 0 Å². The molecule has 3 rings (SSSR count). The van der Waals surface area contributed by atoms with Crippen LogP contribution in [0.25, 0.3) is 11.6 Å². The first-order valence-electron chi connectivity index (χ1n) is 4.57. The molecule has 13 heavy (non-hydrogen) atoms. The molecule has 1 saturated heterocycles. The molecule has 0 bridgehead atoms. The highest BCUT2D eigenvalue weighted by Crippen LogP contribution is 2.11. The molecule has 0 saturated carbocycles. The number of hydrogen-bond donors (Lipinski definition) is 2. The molecule has 1 aliphatic carbocycles. The zero-order valence-corrected chi connectivity index (χ0v) is 7.25. The minimum Gasteiger partial charge on any atom is -0.264 e. The Morgan fingerprint density at radius 3 is 3.46 bits per heavy atom. The van der Waals surface area contributed by atoms with E-state index in [2.05, 4.69) is 28.0 Å². The van der Waals surface area contributed by atoms with Crippen molar-refractivity contribution in [2.24, 2.45) is 0 Å². The molecule has 66 valence electrons. The predicted molar refractivity (Wildman–Crippen MR) is 50.9 cm³/mol. The van der Waals surface area contributed by atoms with E-state index in [1.807, 2.05) is 12.4 Å². The van der Waals surface area contributed by atoms with Gasteiger partial charge >= 0.3 is 0 Å². The molecule has 0 spiro atoms. The minimum atomic E-state index is 0.495. The van der Waals surface area contributed by atoms with Crippen molar-refractivity contribution >= 4 is 11.6 Å². The third-order valence-electron chi connectivity index (χ3n) is 2.75. The zero-order chi connectivity index (χ0) is 8.67. The SMILES string of the molecule is C1=c2cnccc2=C2CNNC2C1. The fourth-order valence-corrected chi connectivity index (χ4v) is 2.07. The second kappa shape index (κ2) is 2.65. The van der Waals surface area contributed by atoms with Gasteiger partial charge in [0.05, 0.1) is 0 Å². The van der Waals surface area contributed by atoms with E-state index in [0.717, 1.165) is 13.0 Å². The second-order valence-electron chi connectivity index (χ2n) is 3.48. The molecular weight excluding hydrogens is 162 g/mol. The molecule has 1 aromatic rings. The fraction of sp³-hybridized carbons (Fsp3) is 0.300. The van der Waals surface area contributed by atoms with Gasteiger partial charge in [-0.1, -0.05) is 6.08 Å². The van der Waals surface area contributed by atoms with E-state index in [4.69, 9.17) is 0 Å². The summed E-state index contributed by atoms with van der Waals surface area (Å²) in [6.07, 6.45) is 7.12. The molecule has 2 aliphatic rings. The molecule has 1 fully saturated rings. The average Bonchev–Trinajstić information content (AvgIpc) is 2.65. The lowest BCUT2D eigenvalue weighted by Gasteiger charge is -2.12. The number of aromatic nitrogens is 1. The first kappa shape index (κ1) is 7.24. The summed E-state index contributed by atoms with van der Waals surface area (Å²) in [6, 6.07) is 2.59. The molecule has 1 unspecified atom stereocenters. The number of fused-ring (bicyclic) bond motifs is 2. The number of pyridine rings is 1. The summed E-state index contributed by atoms with van der Waals surface area (Å²) >= 11 is 0. The van der Waals surface area contributed by atoms with Crippen LogP contribution in [0.5, 0.6) is 0 Å². The maximum Gasteiger partial charge on any atom is 0.0479 e. The summed E-state index contributed by atoms with van der Waals surface area (Å²) in [6.45, 7) is 0.954.